The molecule has 0 saturated heterocycles. The Labute approximate surface area is 114 Å². The number of benzene rings is 1. The number of rotatable bonds is 6. The Morgan fingerprint density at radius 1 is 1.42 bits per heavy atom. The van der Waals surface area contributed by atoms with Crippen LogP contribution in [0.5, 0.6) is 0 Å². The van der Waals surface area contributed by atoms with Crippen LogP contribution in [0.4, 0.5) is 5.69 Å². The van der Waals surface area contributed by atoms with E-state index in [1.54, 1.807) is 0 Å². The monoisotopic (exact) mass is 262 g/mol. The van der Waals surface area contributed by atoms with E-state index >= 15 is 0 Å². The van der Waals surface area contributed by atoms with E-state index in [1.807, 2.05) is 32.9 Å². The average molecular weight is 262 g/mol. The molecule has 1 aromatic carbocycles. The molecule has 19 heavy (non-hydrogen) atoms. The van der Waals surface area contributed by atoms with Gasteiger partial charge in [-0.15, -0.1) is 0 Å². The summed E-state index contributed by atoms with van der Waals surface area (Å²) in [5, 5.41) is 6.20. The highest BCUT2D eigenvalue weighted by molar-refractivity contribution is 6.02. The molecule has 2 N–H and O–H groups in total. The van der Waals surface area contributed by atoms with Crippen LogP contribution in [-0.4, -0.2) is 25.2 Å². The molecule has 0 bridgehead atoms. The van der Waals surface area contributed by atoms with Crippen molar-refractivity contribution in [2.45, 2.75) is 39.3 Å². The summed E-state index contributed by atoms with van der Waals surface area (Å²) in [6.07, 6.45) is 1.17. The highest BCUT2D eigenvalue weighted by Crippen LogP contribution is 2.31. The average Bonchev–Trinajstić information content (AvgIpc) is 2.65. The Bertz CT molecular complexity index is 457. The Kier molecular flexibility index (Phi) is 4.56. The standard InChI is InChI=1S/C15H22N2O2/c1-10(2)19-8-4-7-16-14-12-9-11(3)5-6-13(12)17-15(14)18/h5-6,9-10,14,16H,4,7-8H2,1-3H3,(H,17,18). The zero-order valence-electron chi connectivity index (χ0n) is 11.8. The van der Waals surface area contributed by atoms with Gasteiger partial charge in [-0.25, -0.2) is 0 Å². The van der Waals surface area contributed by atoms with Crippen LogP contribution >= 0.6 is 0 Å². The number of ether oxygens (including phenoxy) is 1. The minimum Gasteiger partial charge on any atom is -0.379 e. The molecule has 1 heterocycles. The van der Waals surface area contributed by atoms with Gasteiger partial charge in [0.25, 0.3) is 0 Å². The first-order chi connectivity index (χ1) is 9.08. The lowest BCUT2D eigenvalue weighted by atomic mass is 10.1. The fourth-order valence-corrected chi connectivity index (χ4v) is 2.22. The molecule has 4 heteroatoms. The number of aryl methyl sites for hydroxylation is 1. The molecule has 1 aliphatic rings. The van der Waals surface area contributed by atoms with Crippen molar-refractivity contribution in [3.63, 3.8) is 0 Å². The first-order valence-electron chi connectivity index (χ1n) is 6.84. The number of carbonyl (C=O) groups excluding carboxylic acids is 1. The summed E-state index contributed by atoms with van der Waals surface area (Å²) in [6.45, 7) is 7.59. The van der Waals surface area contributed by atoms with E-state index < -0.39 is 0 Å². The molecular formula is C15H22N2O2. The van der Waals surface area contributed by atoms with Crippen molar-refractivity contribution in [3.05, 3.63) is 29.3 Å². The minimum absolute atomic E-state index is 0.0328. The second-order valence-corrected chi connectivity index (χ2v) is 5.24. The van der Waals surface area contributed by atoms with Crippen LogP contribution in [0.15, 0.2) is 18.2 Å². The van der Waals surface area contributed by atoms with Crippen LogP contribution in [0.3, 0.4) is 0 Å². The van der Waals surface area contributed by atoms with E-state index in [9.17, 15) is 4.79 Å². The lowest BCUT2D eigenvalue weighted by Gasteiger charge is -2.12. The summed E-state index contributed by atoms with van der Waals surface area (Å²) in [6, 6.07) is 5.81. The van der Waals surface area contributed by atoms with Gasteiger partial charge in [0, 0.05) is 17.9 Å². The SMILES string of the molecule is Cc1ccc2c(c1)C(NCCCOC(C)C)C(=O)N2. The Morgan fingerprint density at radius 2 is 2.21 bits per heavy atom. The van der Waals surface area contributed by atoms with E-state index in [4.69, 9.17) is 4.74 Å². The summed E-state index contributed by atoms with van der Waals surface area (Å²) >= 11 is 0. The van der Waals surface area contributed by atoms with Crippen LogP contribution in [0, 0.1) is 6.92 Å². The Morgan fingerprint density at radius 3 is 2.95 bits per heavy atom. The maximum Gasteiger partial charge on any atom is 0.246 e. The second-order valence-electron chi connectivity index (χ2n) is 5.24. The van der Waals surface area contributed by atoms with Gasteiger partial charge in [-0.2, -0.15) is 0 Å². The summed E-state index contributed by atoms with van der Waals surface area (Å²) in [5.74, 6) is 0.0328. The summed E-state index contributed by atoms with van der Waals surface area (Å²) in [5.41, 5.74) is 3.14. The van der Waals surface area contributed by atoms with E-state index in [0.717, 1.165) is 30.8 Å². The molecule has 4 nitrogen and oxygen atoms in total. The van der Waals surface area contributed by atoms with Gasteiger partial charge in [-0.3, -0.25) is 4.79 Å². The van der Waals surface area contributed by atoms with Gasteiger partial charge in [-0.05, 0) is 39.8 Å². The van der Waals surface area contributed by atoms with Crippen LogP contribution < -0.4 is 10.6 Å². The first kappa shape index (κ1) is 14.0. The number of hydrogen-bond acceptors (Lipinski definition) is 3. The Hall–Kier alpha value is -1.39. The zero-order chi connectivity index (χ0) is 13.8. The van der Waals surface area contributed by atoms with Crippen molar-refractivity contribution in [1.29, 1.82) is 0 Å². The molecule has 104 valence electrons. The minimum atomic E-state index is -0.228. The largest absolute Gasteiger partial charge is 0.379 e. The highest BCUT2D eigenvalue weighted by Gasteiger charge is 2.29. The van der Waals surface area contributed by atoms with Gasteiger partial charge in [0.15, 0.2) is 0 Å². The van der Waals surface area contributed by atoms with Crippen molar-refractivity contribution in [3.8, 4) is 0 Å². The number of fused-ring (bicyclic) bond motifs is 1. The molecule has 1 unspecified atom stereocenters. The number of anilines is 1. The lowest BCUT2D eigenvalue weighted by Crippen LogP contribution is -2.29. The van der Waals surface area contributed by atoms with Gasteiger partial charge in [0.1, 0.15) is 6.04 Å². The molecule has 0 aliphatic carbocycles. The molecule has 0 radical (unpaired) electrons. The zero-order valence-corrected chi connectivity index (χ0v) is 11.8. The predicted molar refractivity (Wildman–Crippen MR) is 76.3 cm³/mol. The molecule has 0 spiro atoms. The maximum absolute atomic E-state index is 11.9. The normalized spacial score (nSPS) is 17.7. The van der Waals surface area contributed by atoms with E-state index in [2.05, 4.69) is 16.7 Å². The molecule has 2 rings (SSSR count). The molecule has 0 aromatic heterocycles. The third-order valence-electron chi connectivity index (χ3n) is 3.16. The van der Waals surface area contributed by atoms with Crippen molar-refractivity contribution in [2.24, 2.45) is 0 Å². The second kappa shape index (κ2) is 6.17. The van der Waals surface area contributed by atoms with Crippen LogP contribution in [0.25, 0.3) is 0 Å². The van der Waals surface area contributed by atoms with Crippen LogP contribution in [-0.2, 0) is 9.53 Å². The molecule has 0 saturated carbocycles. The van der Waals surface area contributed by atoms with Crippen LogP contribution in [0.2, 0.25) is 0 Å². The van der Waals surface area contributed by atoms with Crippen molar-refractivity contribution in [2.75, 3.05) is 18.5 Å². The summed E-state index contributed by atoms with van der Waals surface area (Å²) in [7, 11) is 0. The number of amides is 1. The van der Waals surface area contributed by atoms with E-state index in [1.165, 1.54) is 5.56 Å². The number of nitrogens with one attached hydrogen (secondary N) is 2. The van der Waals surface area contributed by atoms with Crippen molar-refractivity contribution >= 4 is 11.6 Å². The smallest absolute Gasteiger partial charge is 0.246 e. The third-order valence-corrected chi connectivity index (χ3v) is 3.16. The van der Waals surface area contributed by atoms with Gasteiger partial charge < -0.3 is 15.4 Å². The molecule has 0 fully saturated rings. The predicted octanol–water partition coefficient (Wildman–Crippen LogP) is 2.39. The molecule has 1 aromatic rings. The van der Waals surface area contributed by atoms with Gasteiger partial charge in [0.05, 0.1) is 6.10 Å². The lowest BCUT2D eigenvalue weighted by molar-refractivity contribution is -0.117. The van der Waals surface area contributed by atoms with Crippen molar-refractivity contribution in [1.82, 2.24) is 5.32 Å². The fourth-order valence-electron chi connectivity index (χ4n) is 2.22. The maximum atomic E-state index is 11.9. The van der Waals surface area contributed by atoms with Gasteiger partial charge in [0.2, 0.25) is 5.91 Å². The summed E-state index contributed by atoms with van der Waals surface area (Å²) in [4.78, 5) is 11.9. The van der Waals surface area contributed by atoms with Crippen molar-refractivity contribution < 1.29 is 9.53 Å². The number of carbonyl (C=O) groups is 1. The molecular weight excluding hydrogens is 240 g/mol. The third kappa shape index (κ3) is 3.55. The van der Waals surface area contributed by atoms with E-state index in [-0.39, 0.29) is 18.1 Å². The molecule has 1 aliphatic heterocycles. The summed E-state index contributed by atoms with van der Waals surface area (Å²) < 4.78 is 5.48. The first-order valence-corrected chi connectivity index (χ1v) is 6.84. The molecule has 1 atom stereocenters. The molecule has 1 amide bonds. The van der Waals surface area contributed by atoms with Gasteiger partial charge >= 0.3 is 0 Å². The van der Waals surface area contributed by atoms with Gasteiger partial charge in [-0.1, -0.05) is 17.7 Å². The highest BCUT2D eigenvalue weighted by atomic mass is 16.5. The fraction of sp³-hybridized carbons (Fsp3) is 0.533. The number of hydrogen-bond donors (Lipinski definition) is 2. The van der Waals surface area contributed by atoms with Crippen LogP contribution in [0.1, 0.15) is 37.4 Å². The Balaban J connectivity index is 1.88. The van der Waals surface area contributed by atoms with E-state index in [0.29, 0.717) is 0 Å². The topological polar surface area (TPSA) is 50.4 Å². The quantitative estimate of drug-likeness (QED) is 0.774.